The van der Waals surface area contributed by atoms with Gasteiger partial charge in [0.15, 0.2) is 6.61 Å². The first-order valence-electron chi connectivity index (χ1n) is 8.40. The molecule has 2 heterocycles. The molecule has 28 heavy (non-hydrogen) atoms. The van der Waals surface area contributed by atoms with Gasteiger partial charge in [0.1, 0.15) is 5.75 Å². The minimum Gasteiger partial charge on any atom is -0.484 e. The molecule has 0 N–H and O–H groups in total. The summed E-state index contributed by atoms with van der Waals surface area (Å²) in [4.78, 5) is 25.9. The number of nitrogens with zero attached hydrogens (tertiary/aromatic N) is 3. The van der Waals surface area contributed by atoms with Crippen LogP contribution >= 0.6 is 23.4 Å². The third kappa shape index (κ3) is 3.88. The van der Waals surface area contributed by atoms with Gasteiger partial charge in [-0.2, -0.15) is 0 Å². The summed E-state index contributed by atoms with van der Waals surface area (Å²) in [5, 5.41) is 8.85. The van der Waals surface area contributed by atoms with Gasteiger partial charge in [-0.05, 0) is 36.4 Å². The van der Waals surface area contributed by atoms with Crippen LogP contribution in [0.4, 0.5) is 0 Å². The summed E-state index contributed by atoms with van der Waals surface area (Å²) in [6, 6.07) is 13.8. The topological polar surface area (TPSA) is 85.5 Å². The highest BCUT2D eigenvalue weighted by Crippen LogP contribution is 2.24. The molecule has 0 radical (unpaired) electrons. The van der Waals surface area contributed by atoms with Crippen molar-refractivity contribution in [2.45, 2.75) is 11.8 Å². The van der Waals surface area contributed by atoms with Gasteiger partial charge in [0, 0.05) is 17.3 Å². The Bertz CT molecular complexity index is 987. The highest BCUT2D eigenvalue weighted by molar-refractivity contribution is 7.99. The summed E-state index contributed by atoms with van der Waals surface area (Å²) in [6.45, 7) is 0.392. The highest BCUT2D eigenvalue weighted by atomic mass is 35.5. The predicted octanol–water partition coefficient (Wildman–Crippen LogP) is 3.69. The molecule has 3 aromatic rings. The molecule has 0 spiro atoms. The molecule has 0 saturated heterocycles. The lowest BCUT2D eigenvalue weighted by atomic mass is 10.1. The number of thioether (sulfide) groups is 1. The molecule has 9 heteroatoms. The summed E-state index contributed by atoms with van der Waals surface area (Å²) >= 11 is 7.10. The van der Waals surface area contributed by atoms with Crippen LogP contribution in [0.2, 0.25) is 5.02 Å². The van der Waals surface area contributed by atoms with Gasteiger partial charge in [0.05, 0.1) is 11.1 Å². The Kier molecular flexibility index (Phi) is 5.31. The average Bonchev–Trinajstić information content (AvgIpc) is 3.26. The first kappa shape index (κ1) is 18.5. The average molecular weight is 416 g/mol. The monoisotopic (exact) mass is 415 g/mol. The van der Waals surface area contributed by atoms with Crippen LogP contribution in [-0.4, -0.2) is 39.2 Å². The van der Waals surface area contributed by atoms with Crippen molar-refractivity contribution in [3.63, 3.8) is 0 Å². The Labute approximate surface area is 169 Å². The molecule has 1 aliphatic rings. The number of amides is 2. The fourth-order valence-corrected chi connectivity index (χ4v) is 3.53. The van der Waals surface area contributed by atoms with Gasteiger partial charge < -0.3 is 9.15 Å². The second-order valence-corrected chi connectivity index (χ2v) is 7.34. The Morgan fingerprint density at radius 1 is 1.00 bits per heavy atom. The smallest absolute Gasteiger partial charge is 0.276 e. The van der Waals surface area contributed by atoms with E-state index in [0.29, 0.717) is 38.8 Å². The van der Waals surface area contributed by atoms with Gasteiger partial charge >= 0.3 is 0 Å². The number of carbonyl (C=O) groups excluding carboxylic acids is 2. The van der Waals surface area contributed by atoms with Crippen molar-refractivity contribution in [3.05, 3.63) is 70.6 Å². The summed E-state index contributed by atoms with van der Waals surface area (Å²) in [7, 11) is 0. The normalized spacial score (nSPS) is 13.1. The molecule has 0 fully saturated rings. The van der Waals surface area contributed by atoms with Gasteiger partial charge in [-0.3, -0.25) is 14.5 Å². The fourth-order valence-electron chi connectivity index (χ4n) is 2.70. The number of imide groups is 1. The zero-order chi connectivity index (χ0) is 19.5. The van der Waals surface area contributed by atoms with Crippen LogP contribution in [0.3, 0.4) is 0 Å². The van der Waals surface area contributed by atoms with Gasteiger partial charge in [-0.25, -0.2) is 0 Å². The molecule has 1 aliphatic heterocycles. The zero-order valence-electron chi connectivity index (χ0n) is 14.5. The van der Waals surface area contributed by atoms with E-state index in [1.165, 1.54) is 16.7 Å². The van der Waals surface area contributed by atoms with Crippen LogP contribution in [0.1, 0.15) is 26.6 Å². The van der Waals surface area contributed by atoms with Gasteiger partial charge in [0.25, 0.3) is 22.9 Å². The van der Waals surface area contributed by atoms with E-state index in [1.807, 2.05) is 0 Å². The maximum atomic E-state index is 12.3. The van der Waals surface area contributed by atoms with Gasteiger partial charge in [-0.1, -0.05) is 35.5 Å². The molecule has 4 rings (SSSR count). The van der Waals surface area contributed by atoms with E-state index < -0.39 is 0 Å². The van der Waals surface area contributed by atoms with E-state index in [1.54, 1.807) is 48.5 Å². The summed E-state index contributed by atoms with van der Waals surface area (Å²) in [5.74, 6) is 0.874. The number of carbonyl (C=O) groups is 2. The Balaban J connectivity index is 1.28. The van der Waals surface area contributed by atoms with Crippen LogP contribution in [0.5, 0.6) is 5.75 Å². The van der Waals surface area contributed by atoms with Crippen molar-refractivity contribution in [1.82, 2.24) is 15.1 Å². The zero-order valence-corrected chi connectivity index (χ0v) is 16.1. The van der Waals surface area contributed by atoms with Crippen molar-refractivity contribution in [1.29, 1.82) is 0 Å². The quantitative estimate of drug-likeness (QED) is 0.429. The highest BCUT2D eigenvalue weighted by Gasteiger charge is 2.34. The molecule has 0 unspecified atom stereocenters. The van der Waals surface area contributed by atoms with E-state index in [9.17, 15) is 9.59 Å². The molecule has 1 aromatic heterocycles. The Morgan fingerprint density at radius 2 is 1.68 bits per heavy atom. The third-order valence-electron chi connectivity index (χ3n) is 4.04. The van der Waals surface area contributed by atoms with Crippen LogP contribution < -0.4 is 4.74 Å². The number of ether oxygens (including phenoxy) is 1. The van der Waals surface area contributed by atoms with Crippen molar-refractivity contribution in [3.8, 4) is 5.75 Å². The van der Waals surface area contributed by atoms with Gasteiger partial charge in [-0.15, -0.1) is 10.2 Å². The maximum Gasteiger partial charge on any atom is 0.276 e. The predicted molar refractivity (Wildman–Crippen MR) is 103 cm³/mol. The summed E-state index contributed by atoms with van der Waals surface area (Å²) in [6.07, 6.45) is 0. The van der Waals surface area contributed by atoms with E-state index in [-0.39, 0.29) is 25.0 Å². The van der Waals surface area contributed by atoms with Crippen LogP contribution in [0, 0.1) is 0 Å². The number of hydrogen-bond acceptors (Lipinski definition) is 7. The largest absolute Gasteiger partial charge is 0.484 e. The molecule has 0 atom stereocenters. The van der Waals surface area contributed by atoms with Crippen LogP contribution in [0.25, 0.3) is 0 Å². The number of aromatic nitrogens is 2. The molecule has 7 nitrogen and oxygen atoms in total. The van der Waals surface area contributed by atoms with Crippen LogP contribution in [-0.2, 0) is 6.61 Å². The second-order valence-electron chi connectivity index (χ2n) is 5.86. The summed E-state index contributed by atoms with van der Waals surface area (Å²) < 4.78 is 11.1. The lowest BCUT2D eigenvalue weighted by Crippen LogP contribution is -2.31. The molecule has 2 aromatic carbocycles. The van der Waals surface area contributed by atoms with E-state index in [4.69, 9.17) is 20.8 Å². The lowest BCUT2D eigenvalue weighted by molar-refractivity contribution is 0.0664. The Morgan fingerprint density at radius 3 is 2.36 bits per heavy atom. The van der Waals surface area contributed by atoms with E-state index >= 15 is 0 Å². The van der Waals surface area contributed by atoms with Crippen LogP contribution in [0.15, 0.2) is 58.2 Å². The Hall–Kier alpha value is -2.84. The standard InChI is InChI=1S/C19H14ClN3O4S/c20-12-5-7-13(8-6-12)26-11-16-21-22-19(27-16)28-10-9-23-17(24)14-3-1-2-4-15(14)18(23)25/h1-8H,9-11H2. The molecule has 2 amide bonds. The number of fused-ring (bicyclic) bond motifs is 1. The van der Waals surface area contributed by atoms with E-state index in [2.05, 4.69) is 10.2 Å². The van der Waals surface area contributed by atoms with Gasteiger partial charge in [0.2, 0.25) is 0 Å². The molecular formula is C19H14ClN3O4S. The van der Waals surface area contributed by atoms with Crippen molar-refractivity contribution in [2.24, 2.45) is 0 Å². The third-order valence-corrected chi connectivity index (χ3v) is 5.09. The molecular weight excluding hydrogens is 402 g/mol. The first-order valence-corrected chi connectivity index (χ1v) is 9.77. The van der Waals surface area contributed by atoms with Crippen molar-refractivity contribution < 1.29 is 18.7 Å². The second kappa shape index (κ2) is 8.04. The number of halogens is 1. The van der Waals surface area contributed by atoms with Crippen molar-refractivity contribution in [2.75, 3.05) is 12.3 Å². The lowest BCUT2D eigenvalue weighted by Gasteiger charge is -2.12. The van der Waals surface area contributed by atoms with Crippen molar-refractivity contribution >= 4 is 35.2 Å². The number of benzene rings is 2. The molecule has 0 saturated carbocycles. The molecule has 142 valence electrons. The molecule has 0 bridgehead atoms. The number of hydrogen-bond donors (Lipinski definition) is 0. The summed E-state index contributed by atoms with van der Waals surface area (Å²) in [5.41, 5.74) is 0.883. The van der Waals surface area contributed by atoms with E-state index in [0.717, 1.165) is 0 Å². The molecule has 0 aliphatic carbocycles. The minimum absolute atomic E-state index is 0.133. The first-order chi connectivity index (χ1) is 13.6. The maximum absolute atomic E-state index is 12.3. The minimum atomic E-state index is -0.274. The number of rotatable bonds is 7. The SMILES string of the molecule is O=C1c2ccccc2C(=O)N1CCSc1nnc(COc2ccc(Cl)cc2)o1. The fraction of sp³-hybridized carbons (Fsp3) is 0.158.